The first-order valence-electron chi connectivity index (χ1n) is 12.5. The molecule has 0 fully saturated rings. The number of allylic oxidation sites excluding steroid dienone is 3. The van der Waals surface area contributed by atoms with E-state index in [-0.39, 0.29) is 47.9 Å². The zero-order valence-corrected chi connectivity index (χ0v) is 21.5. The molecule has 1 aliphatic carbocycles. The maximum Gasteiger partial charge on any atom is 0.336 e. The number of benzene rings is 2. The Morgan fingerprint density at radius 1 is 1.00 bits per heavy atom. The number of para-hydroxylation sites is 2. The van der Waals surface area contributed by atoms with Gasteiger partial charge in [0.05, 0.1) is 36.9 Å². The number of Topliss-reactive ketones (excluding diaryl/α,β-unsaturated/α-hetero) is 1. The Morgan fingerprint density at radius 2 is 1.76 bits per heavy atom. The van der Waals surface area contributed by atoms with Crippen LogP contribution < -0.4 is 15.5 Å². The highest BCUT2D eigenvalue weighted by atomic mass is 16.6. The predicted octanol–water partition coefficient (Wildman–Crippen LogP) is 4.35. The van der Waals surface area contributed by atoms with Crippen LogP contribution in [0.25, 0.3) is 11.0 Å². The molecule has 2 aliphatic rings. The van der Waals surface area contributed by atoms with E-state index in [0.717, 1.165) is 5.56 Å². The van der Waals surface area contributed by atoms with E-state index in [9.17, 15) is 14.4 Å². The van der Waals surface area contributed by atoms with Crippen molar-refractivity contribution < 1.29 is 28.2 Å². The monoisotopic (exact) mass is 515 g/mol. The highest BCUT2D eigenvalue weighted by molar-refractivity contribution is 6.04. The molecular weight excluding hydrogens is 486 g/mol. The summed E-state index contributed by atoms with van der Waals surface area (Å²) in [5.41, 5.74) is 3.11. The van der Waals surface area contributed by atoms with Crippen molar-refractivity contribution in [3.63, 3.8) is 0 Å². The molecule has 2 heterocycles. The molecule has 0 spiro atoms. The van der Waals surface area contributed by atoms with Crippen molar-refractivity contribution in [3.8, 4) is 5.75 Å². The summed E-state index contributed by atoms with van der Waals surface area (Å²) in [6.45, 7) is 2.02. The molecule has 5 rings (SSSR count). The van der Waals surface area contributed by atoms with E-state index in [0.29, 0.717) is 40.1 Å². The van der Waals surface area contributed by atoms with Gasteiger partial charge in [-0.2, -0.15) is 0 Å². The molecule has 0 radical (unpaired) electrons. The van der Waals surface area contributed by atoms with Crippen LogP contribution in [0.1, 0.15) is 42.7 Å². The number of methoxy groups -OCH3 is 2. The molecule has 2 atom stereocenters. The largest absolute Gasteiger partial charge is 0.496 e. The van der Waals surface area contributed by atoms with Gasteiger partial charge >= 0.3 is 5.97 Å². The van der Waals surface area contributed by atoms with Crippen LogP contribution >= 0.6 is 0 Å². The van der Waals surface area contributed by atoms with Crippen molar-refractivity contribution in [1.82, 2.24) is 5.32 Å². The van der Waals surface area contributed by atoms with E-state index < -0.39 is 11.9 Å². The van der Waals surface area contributed by atoms with Gasteiger partial charge in [-0.1, -0.05) is 30.3 Å². The first-order valence-corrected chi connectivity index (χ1v) is 12.5. The third-order valence-electron chi connectivity index (χ3n) is 7.16. The van der Waals surface area contributed by atoms with Gasteiger partial charge in [-0.3, -0.25) is 9.59 Å². The second kappa shape index (κ2) is 10.7. The second-order valence-electron chi connectivity index (χ2n) is 9.40. The van der Waals surface area contributed by atoms with E-state index in [1.807, 2.05) is 24.3 Å². The molecule has 196 valence electrons. The molecule has 0 bridgehead atoms. The fourth-order valence-electron chi connectivity index (χ4n) is 5.43. The van der Waals surface area contributed by atoms with Crippen LogP contribution in [0.2, 0.25) is 0 Å². The minimum Gasteiger partial charge on any atom is -0.496 e. The van der Waals surface area contributed by atoms with Gasteiger partial charge in [0.1, 0.15) is 17.9 Å². The van der Waals surface area contributed by atoms with E-state index in [1.165, 1.54) is 13.4 Å². The number of carbonyl (C=O) groups excluding carboxylic acids is 2. The Balaban J connectivity index is 1.64. The molecule has 0 amide bonds. The Labute approximate surface area is 219 Å². The zero-order valence-electron chi connectivity index (χ0n) is 21.5. The topological polar surface area (TPSA) is 104 Å². The Morgan fingerprint density at radius 3 is 2.55 bits per heavy atom. The van der Waals surface area contributed by atoms with Gasteiger partial charge < -0.3 is 23.9 Å². The quantitative estimate of drug-likeness (QED) is 0.366. The molecule has 1 N–H and O–H groups in total. The molecule has 1 aliphatic heterocycles. The molecule has 1 aromatic heterocycles. The lowest BCUT2D eigenvalue weighted by Gasteiger charge is -2.36. The third-order valence-corrected chi connectivity index (χ3v) is 7.16. The van der Waals surface area contributed by atoms with Crippen LogP contribution in [-0.2, 0) is 19.1 Å². The SMILES string of the molecule is COCCOC(=O)C1=C(C)NC2=C(C(=O)C[C@H](c3ccccc3OC)C2)[C@@H]1c1coc2ccccc2c1=O. The number of rotatable bonds is 7. The summed E-state index contributed by atoms with van der Waals surface area (Å²) in [4.78, 5) is 40.9. The average molecular weight is 516 g/mol. The standard InChI is InChI=1S/C30H29NO7/c1-17-26(30(34)37-13-12-35-2)27(21-16-38-25-11-7-5-9-20(25)29(21)33)28-22(31-17)14-18(15-23(28)32)19-8-4-6-10-24(19)36-3/h4-11,16,18,27,31H,12-15H2,1-3H3/t18-,27-/m1/s1. The number of nitrogens with one attached hydrogen (secondary N) is 1. The predicted molar refractivity (Wildman–Crippen MR) is 141 cm³/mol. The van der Waals surface area contributed by atoms with E-state index >= 15 is 0 Å². The number of hydrogen-bond donors (Lipinski definition) is 1. The van der Waals surface area contributed by atoms with Crippen LogP contribution in [0.15, 0.2) is 86.5 Å². The first-order chi connectivity index (χ1) is 18.4. The minimum absolute atomic E-state index is 0.0425. The molecule has 8 nitrogen and oxygen atoms in total. The second-order valence-corrected chi connectivity index (χ2v) is 9.40. The van der Waals surface area contributed by atoms with E-state index in [2.05, 4.69) is 5.32 Å². The number of esters is 1. The van der Waals surface area contributed by atoms with E-state index in [4.69, 9.17) is 18.6 Å². The number of dihydropyridines is 1. The number of fused-ring (bicyclic) bond motifs is 1. The summed E-state index contributed by atoms with van der Waals surface area (Å²) < 4.78 is 21.8. The lowest BCUT2D eigenvalue weighted by atomic mass is 9.71. The Bertz CT molecular complexity index is 1530. The molecule has 0 unspecified atom stereocenters. The first kappa shape index (κ1) is 25.5. The van der Waals surface area contributed by atoms with Gasteiger partial charge in [0.2, 0.25) is 0 Å². The maximum atomic E-state index is 13.8. The molecule has 2 aromatic carbocycles. The highest BCUT2D eigenvalue weighted by Gasteiger charge is 2.43. The van der Waals surface area contributed by atoms with Gasteiger partial charge in [0.15, 0.2) is 11.2 Å². The summed E-state index contributed by atoms with van der Waals surface area (Å²) in [7, 11) is 3.12. The summed E-state index contributed by atoms with van der Waals surface area (Å²) >= 11 is 0. The Kier molecular flexibility index (Phi) is 7.15. The summed E-state index contributed by atoms with van der Waals surface area (Å²) in [6, 6.07) is 14.6. The number of ketones is 1. The van der Waals surface area contributed by atoms with Gasteiger partial charge in [-0.15, -0.1) is 0 Å². The normalized spacial score (nSPS) is 19.3. The van der Waals surface area contributed by atoms with Gasteiger partial charge in [-0.25, -0.2) is 4.79 Å². The Hall–Kier alpha value is -4.17. The van der Waals surface area contributed by atoms with Gasteiger partial charge in [0, 0.05) is 42.0 Å². The lowest BCUT2D eigenvalue weighted by molar-refractivity contribution is -0.140. The van der Waals surface area contributed by atoms with Crippen molar-refractivity contribution in [3.05, 3.63) is 98.7 Å². The minimum atomic E-state index is -0.923. The van der Waals surface area contributed by atoms with Crippen molar-refractivity contribution in [1.29, 1.82) is 0 Å². The molecule has 3 aromatic rings. The fraction of sp³-hybridized carbons (Fsp3) is 0.300. The fourth-order valence-corrected chi connectivity index (χ4v) is 5.43. The van der Waals surface area contributed by atoms with Crippen LogP contribution in [0.3, 0.4) is 0 Å². The molecule has 38 heavy (non-hydrogen) atoms. The molecule has 0 saturated carbocycles. The van der Waals surface area contributed by atoms with Crippen molar-refractivity contribution in [2.24, 2.45) is 0 Å². The van der Waals surface area contributed by atoms with Crippen LogP contribution in [-0.4, -0.2) is 39.2 Å². The van der Waals surface area contributed by atoms with Gasteiger partial charge in [-0.05, 0) is 37.1 Å². The van der Waals surface area contributed by atoms with Crippen LogP contribution in [0.5, 0.6) is 5.75 Å². The van der Waals surface area contributed by atoms with Crippen molar-refractivity contribution in [2.45, 2.75) is 31.6 Å². The number of carbonyl (C=O) groups is 2. The molecule has 0 saturated heterocycles. The summed E-state index contributed by atoms with van der Waals surface area (Å²) in [5.74, 6) is -1.10. The van der Waals surface area contributed by atoms with Crippen LogP contribution in [0, 0.1) is 0 Å². The highest BCUT2D eigenvalue weighted by Crippen LogP contribution is 2.46. The molecule has 8 heteroatoms. The average Bonchev–Trinajstić information content (AvgIpc) is 2.92. The smallest absolute Gasteiger partial charge is 0.336 e. The number of hydrogen-bond acceptors (Lipinski definition) is 8. The number of ether oxygens (including phenoxy) is 3. The maximum absolute atomic E-state index is 13.8. The third kappa shape index (κ3) is 4.52. The lowest BCUT2D eigenvalue weighted by Crippen LogP contribution is -2.37. The molecular formula is C30H29NO7. The summed E-state index contributed by atoms with van der Waals surface area (Å²) in [6.07, 6.45) is 2.09. The van der Waals surface area contributed by atoms with Crippen LogP contribution in [0.4, 0.5) is 0 Å². The summed E-state index contributed by atoms with van der Waals surface area (Å²) in [5, 5.41) is 3.68. The van der Waals surface area contributed by atoms with E-state index in [1.54, 1.807) is 38.3 Å². The van der Waals surface area contributed by atoms with Crippen molar-refractivity contribution in [2.75, 3.05) is 27.4 Å². The zero-order chi connectivity index (χ0) is 26.8. The van der Waals surface area contributed by atoms with Gasteiger partial charge in [0.25, 0.3) is 0 Å². The van der Waals surface area contributed by atoms with Crippen molar-refractivity contribution >= 4 is 22.7 Å².